The predicted molar refractivity (Wildman–Crippen MR) is 70.7 cm³/mol. The van der Waals surface area contributed by atoms with Gasteiger partial charge in [0, 0.05) is 31.0 Å². The molecule has 0 fully saturated rings. The van der Waals surface area contributed by atoms with E-state index in [0.29, 0.717) is 12.1 Å². The maximum atomic E-state index is 13.5. The van der Waals surface area contributed by atoms with Crippen molar-refractivity contribution in [2.75, 3.05) is 0 Å². The van der Waals surface area contributed by atoms with Crippen LogP contribution >= 0.6 is 0 Å². The molecule has 0 saturated heterocycles. The second-order valence-electron chi connectivity index (χ2n) is 4.50. The standard InChI is InChI=1S/C15H17FN2/c1-11-3-4-15(16)14(7-11)10-18-9-13-5-6-17-8-12(13)2/h3-8,18H,9-10H2,1-2H3. The highest BCUT2D eigenvalue weighted by Gasteiger charge is 2.02. The summed E-state index contributed by atoms with van der Waals surface area (Å²) in [5, 5.41) is 3.26. The Bertz CT molecular complexity index is 538. The van der Waals surface area contributed by atoms with E-state index in [1.54, 1.807) is 12.3 Å². The van der Waals surface area contributed by atoms with Gasteiger partial charge in [0.15, 0.2) is 0 Å². The Labute approximate surface area is 107 Å². The molecule has 0 aliphatic rings. The van der Waals surface area contributed by atoms with Gasteiger partial charge in [-0.25, -0.2) is 4.39 Å². The zero-order valence-electron chi connectivity index (χ0n) is 10.7. The number of rotatable bonds is 4. The highest BCUT2D eigenvalue weighted by Crippen LogP contribution is 2.10. The molecule has 0 aliphatic carbocycles. The molecule has 94 valence electrons. The number of aromatic nitrogens is 1. The lowest BCUT2D eigenvalue weighted by Gasteiger charge is -2.08. The molecule has 1 heterocycles. The summed E-state index contributed by atoms with van der Waals surface area (Å²) in [7, 11) is 0. The van der Waals surface area contributed by atoms with Crippen LogP contribution in [0.25, 0.3) is 0 Å². The van der Waals surface area contributed by atoms with Crippen LogP contribution in [0.2, 0.25) is 0 Å². The molecular formula is C15H17FN2. The van der Waals surface area contributed by atoms with Crippen molar-refractivity contribution in [1.82, 2.24) is 10.3 Å². The van der Waals surface area contributed by atoms with Crippen LogP contribution in [0.3, 0.4) is 0 Å². The quantitative estimate of drug-likeness (QED) is 0.893. The molecule has 3 heteroatoms. The predicted octanol–water partition coefficient (Wildman–Crippen LogP) is 3.13. The van der Waals surface area contributed by atoms with Gasteiger partial charge >= 0.3 is 0 Å². The van der Waals surface area contributed by atoms with E-state index < -0.39 is 0 Å². The van der Waals surface area contributed by atoms with Crippen LogP contribution in [0.1, 0.15) is 22.3 Å². The Kier molecular flexibility index (Phi) is 4.05. The fourth-order valence-corrected chi connectivity index (χ4v) is 1.87. The third-order valence-electron chi connectivity index (χ3n) is 2.97. The van der Waals surface area contributed by atoms with Crippen molar-refractivity contribution >= 4 is 0 Å². The first-order valence-corrected chi connectivity index (χ1v) is 6.02. The molecule has 2 aromatic rings. The van der Waals surface area contributed by atoms with Crippen LogP contribution in [0.4, 0.5) is 4.39 Å². The van der Waals surface area contributed by atoms with Crippen molar-refractivity contribution in [3.63, 3.8) is 0 Å². The summed E-state index contributed by atoms with van der Waals surface area (Å²) in [5.74, 6) is -0.153. The van der Waals surface area contributed by atoms with E-state index >= 15 is 0 Å². The first-order valence-electron chi connectivity index (χ1n) is 6.02. The molecule has 0 atom stereocenters. The number of hydrogen-bond donors (Lipinski definition) is 1. The molecule has 1 aromatic carbocycles. The lowest BCUT2D eigenvalue weighted by Crippen LogP contribution is -2.14. The molecule has 0 saturated carbocycles. The Morgan fingerprint density at radius 2 is 1.89 bits per heavy atom. The van der Waals surface area contributed by atoms with Crippen LogP contribution in [-0.2, 0) is 13.1 Å². The van der Waals surface area contributed by atoms with Gasteiger partial charge in [-0.15, -0.1) is 0 Å². The summed E-state index contributed by atoms with van der Waals surface area (Å²) in [4.78, 5) is 4.05. The average Bonchev–Trinajstić information content (AvgIpc) is 2.36. The molecule has 18 heavy (non-hydrogen) atoms. The van der Waals surface area contributed by atoms with Gasteiger partial charge in [-0.3, -0.25) is 4.98 Å². The molecule has 0 spiro atoms. The second-order valence-corrected chi connectivity index (χ2v) is 4.50. The number of nitrogens with one attached hydrogen (secondary N) is 1. The first-order chi connectivity index (χ1) is 8.66. The lowest BCUT2D eigenvalue weighted by atomic mass is 10.1. The van der Waals surface area contributed by atoms with Crippen molar-refractivity contribution in [3.05, 3.63) is 64.7 Å². The maximum Gasteiger partial charge on any atom is 0.127 e. The van der Waals surface area contributed by atoms with Gasteiger partial charge < -0.3 is 5.32 Å². The Hall–Kier alpha value is -1.74. The molecule has 2 rings (SSSR count). The minimum absolute atomic E-state index is 0.153. The number of halogens is 1. The number of nitrogens with zero attached hydrogens (tertiary/aromatic N) is 1. The number of hydrogen-bond acceptors (Lipinski definition) is 2. The van der Waals surface area contributed by atoms with Gasteiger partial charge in [0.2, 0.25) is 0 Å². The van der Waals surface area contributed by atoms with Gasteiger partial charge in [-0.2, -0.15) is 0 Å². The Morgan fingerprint density at radius 3 is 2.67 bits per heavy atom. The zero-order chi connectivity index (χ0) is 13.0. The summed E-state index contributed by atoms with van der Waals surface area (Å²) >= 11 is 0. The summed E-state index contributed by atoms with van der Waals surface area (Å²) in [6.45, 7) is 5.25. The van der Waals surface area contributed by atoms with Gasteiger partial charge in [0.25, 0.3) is 0 Å². The summed E-state index contributed by atoms with van der Waals surface area (Å²) < 4.78 is 13.5. The van der Waals surface area contributed by atoms with Crippen LogP contribution in [0.15, 0.2) is 36.7 Å². The third kappa shape index (κ3) is 3.14. The third-order valence-corrected chi connectivity index (χ3v) is 2.97. The van der Waals surface area contributed by atoms with E-state index in [1.807, 2.05) is 32.2 Å². The van der Waals surface area contributed by atoms with Crippen molar-refractivity contribution in [1.29, 1.82) is 0 Å². The van der Waals surface area contributed by atoms with Crippen LogP contribution in [0.5, 0.6) is 0 Å². The summed E-state index contributed by atoms with van der Waals surface area (Å²) in [6, 6.07) is 7.16. The van der Waals surface area contributed by atoms with E-state index in [-0.39, 0.29) is 5.82 Å². The number of benzene rings is 1. The van der Waals surface area contributed by atoms with E-state index in [4.69, 9.17) is 0 Å². The summed E-state index contributed by atoms with van der Waals surface area (Å²) in [5.41, 5.74) is 4.13. The van der Waals surface area contributed by atoms with E-state index in [2.05, 4.69) is 10.3 Å². The number of pyridine rings is 1. The second kappa shape index (κ2) is 5.74. The Morgan fingerprint density at radius 1 is 1.11 bits per heavy atom. The smallest absolute Gasteiger partial charge is 0.127 e. The molecule has 0 bridgehead atoms. The van der Waals surface area contributed by atoms with E-state index in [9.17, 15) is 4.39 Å². The normalized spacial score (nSPS) is 10.6. The van der Waals surface area contributed by atoms with Crippen LogP contribution < -0.4 is 5.32 Å². The lowest BCUT2D eigenvalue weighted by molar-refractivity contribution is 0.587. The summed E-state index contributed by atoms with van der Waals surface area (Å²) in [6.07, 6.45) is 3.61. The van der Waals surface area contributed by atoms with E-state index in [0.717, 1.165) is 17.7 Å². The van der Waals surface area contributed by atoms with Crippen LogP contribution in [0, 0.1) is 19.7 Å². The molecule has 1 aromatic heterocycles. The van der Waals surface area contributed by atoms with E-state index in [1.165, 1.54) is 11.6 Å². The molecule has 2 nitrogen and oxygen atoms in total. The molecule has 0 unspecified atom stereocenters. The number of aryl methyl sites for hydroxylation is 2. The van der Waals surface area contributed by atoms with Gasteiger partial charge in [-0.1, -0.05) is 17.7 Å². The minimum atomic E-state index is -0.153. The maximum absolute atomic E-state index is 13.5. The molecule has 0 radical (unpaired) electrons. The van der Waals surface area contributed by atoms with Gasteiger partial charge in [-0.05, 0) is 37.1 Å². The van der Waals surface area contributed by atoms with Crippen LogP contribution in [-0.4, -0.2) is 4.98 Å². The van der Waals surface area contributed by atoms with Gasteiger partial charge in [0.05, 0.1) is 0 Å². The zero-order valence-corrected chi connectivity index (χ0v) is 10.7. The fraction of sp³-hybridized carbons (Fsp3) is 0.267. The highest BCUT2D eigenvalue weighted by molar-refractivity contribution is 5.25. The molecule has 1 N–H and O–H groups in total. The molecule has 0 aliphatic heterocycles. The minimum Gasteiger partial charge on any atom is -0.308 e. The van der Waals surface area contributed by atoms with Crippen molar-refractivity contribution in [2.24, 2.45) is 0 Å². The molecular weight excluding hydrogens is 227 g/mol. The first kappa shape index (κ1) is 12.7. The largest absolute Gasteiger partial charge is 0.308 e. The Balaban J connectivity index is 1.96. The molecule has 0 amide bonds. The fourth-order valence-electron chi connectivity index (χ4n) is 1.87. The van der Waals surface area contributed by atoms with Gasteiger partial charge in [0.1, 0.15) is 5.82 Å². The van der Waals surface area contributed by atoms with Crippen molar-refractivity contribution in [3.8, 4) is 0 Å². The average molecular weight is 244 g/mol. The topological polar surface area (TPSA) is 24.9 Å². The van der Waals surface area contributed by atoms with Crippen molar-refractivity contribution in [2.45, 2.75) is 26.9 Å². The SMILES string of the molecule is Cc1ccc(F)c(CNCc2ccncc2C)c1. The highest BCUT2D eigenvalue weighted by atomic mass is 19.1. The monoisotopic (exact) mass is 244 g/mol. The van der Waals surface area contributed by atoms with Crippen molar-refractivity contribution < 1.29 is 4.39 Å².